The van der Waals surface area contributed by atoms with Crippen LogP contribution in [0.5, 0.6) is 0 Å². The second-order valence-corrected chi connectivity index (χ2v) is 4.72. The minimum atomic E-state index is -0.0562. The number of rotatable bonds is 8. The van der Waals surface area contributed by atoms with Crippen LogP contribution in [0.4, 0.5) is 5.69 Å². The molecule has 0 heterocycles. The molecular formula is C15H24N2O3. The van der Waals surface area contributed by atoms with Gasteiger partial charge in [0, 0.05) is 39.6 Å². The average molecular weight is 280 g/mol. The number of nitrogens with zero attached hydrogens (tertiary/aromatic N) is 1. The molecule has 1 amide bonds. The molecule has 0 fully saturated rings. The maximum atomic E-state index is 12.6. The van der Waals surface area contributed by atoms with Crippen molar-refractivity contribution in [2.45, 2.75) is 13.3 Å². The van der Waals surface area contributed by atoms with E-state index < -0.39 is 0 Å². The Bertz CT molecular complexity index is 435. The number of hydrogen-bond donors (Lipinski definition) is 1. The van der Waals surface area contributed by atoms with Crippen LogP contribution < -0.4 is 5.73 Å². The van der Waals surface area contributed by atoms with Gasteiger partial charge in [0.25, 0.3) is 5.91 Å². The van der Waals surface area contributed by atoms with E-state index in [1.165, 1.54) is 0 Å². The molecule has 1 aromatic rings. The zero-order chi connectivity index (χ0) is 15.0. The lowest BCUT2D eigenvalue weighted by molar-refractivity contribution is 0.0675. The molecule has 0 unspecified atom stereocenters. The van der Waals surface area contributed by atoms with Crippen LogP contribution in [0.2, 0.25) is 0 Å². The summed E-state index contributed by atoms with van der Waals surface area (Å²) in [5.74, 6) is -0.0562. The number of benzene rings is 1. The van der Waals surface area contributed by atoms with Crippen molar-refractivity contribution in [1.82, 2.24) is 4.90 Å². The van der Waals surface area contributed by atoms with Gasteiger partial charge in [-0.25, -0.2) is 0 Å². The molecule has 0 radical (unpaired) electrons. The number of nitrogen functional groups attached to an aromatic ring is 1. The van der Waals surface area contributed by atoms with E-state index in [1.54, 1.807) is 25.2 Å². The van der Waals surface area contributed by atoms with E-state index in [4.69, 9.17) is 15.2 Å². The molecule has 1 rings (SSSR count). The predicted octanol–water partition coefficient (Wildman–Crippen LogP) is 1.70. The number of anilines is 1. The highest BCUT2D eigenvalue weighted by Crippen LogP contribution is 2.16. The number of carbonyl (C=O) groups excluding carboxylic acids is 1. The van der Waals surface area contributed by atoms with Crippen molar-refractivity contribution in [3.05, 3.63) is 29.3 Å². The van der Waals surface area contributed by atoms with E-state index in [9.17, 15) is 4.79 Å². The lowest BCUT2D eigenvalue weighted by Gasteiger charge is -2.23. The van der Waals surface area contributed by atoms with Gasteiger partial charge in [-0.3, -0.25) is 4.79 Å². The van der Waals surface area contributed by atoms with Crippen molar-refractivity contribution >= 4 is 11.6 Å². The number of carbonyl (C=O) groups is 1. The minimum absolute atomic E-state index is 0.0562. The highest BCUT2D eigenvalue weighted by molar-refractivity contribution is 5.99. The molecule has 0 spiro atoms. The summed E-state index contributed by atoms with van der Waals surface area (Å²) >= 11 is 0. The SMILES string of the molecule is COCCCN(CCOC)C(=O)c1cc(C)ccc1N. The summed E-state index contributed by atoms with van der Waals surface area (Å²) in [6.45, 7) is 4.25. The Morgan fingerprint density at radius 2 is 1.90 bits per heavy atom. The predicted molar refractivity (Wildman–Crippen MR) is 79.9 cm³/mol. The lowest BCUT2D eigenvalue weighted by Crippen LogP contribution is -2.35. The fourth-order valence-electron chi connectivity index (χ4n) is 1.94. The molecule has 0 atom stereocenters. The van der Waals surface area contributed by atoms with Crippen LogP contribution in [0, 0.1) is 6.92 Å². The smallest absolute Gasteiger partial charge is 0.256 e. The van der Waals surface area contributed by atoms with E-state index in [0.717, 1.165) is 12.0 Å². The fourth-order valence-corrected chi connectivity index (χ4v) is 1.94. The summed E-state index contributed by atoms with van der Waals surface area (Å²) in [6, 6.07) is 5.50. The largest absolute Gasteiger partial charge is 0.398 e. The van der Waals surface area contributed by atoms with Crippen LogP contribution in [0.25, 0.3) is 0 Å². The third-order valence-electron chi connectivity index (χ3n) is 3.07. The van der Waals surface area contributed by atoms with Crippen LogP contribution in [0.1, 0.15) is 22.3 Å². The number of amides is 1. The van der Waals surface area contributed by atoms with Crippen LogP contribution in [0.3, 0.4) is 0 Å². The molecule has 5 nitrogen and oxygen atoms in total. The van der Waals surface area contributed by atoms with E-state index in [1.807, 2.05) is 19.1 Å². The Kier molecular flexibility index (Phi) is 7.04. The van der Waals surface area contributed by atoms with Gasteiger partial charge in [-0.2, -0.15) is 0 Å². The first-order valence-electron chi connectivity index (χ1n) is 6.73. The summed E-state index contributed by atoms with van der Waals surface area (Å²) in [4.78, 5) is 14.3. The van der Waals surface area contributed by atoms with Gasteiger partial charge in [-0.1, -0.05) is 11.6 Å². The van der Waals surface area contributed by atoms with Crippen LogP contribution in [-0.4, -0.2) is 51.3 Å². The van der Waals surface area contributed by atoms with Crippen LogP contribution in [-0.2, 0) is 9.47 Å². The average Bonchev–Trinajstić information content (AvgIpc) is 2.44. The van der Waals surface area contributed by atoms with Crippen molar-refractivity contribution in [2.75, 3.05) is 46.3 Å². The molecule has 0 saturated heterocycles. The number of aryl methyl sites for hydroxylation is 1. The first-order chi connectivity index (χ1) is 9.60. The van der Waals surface area contributed by atoms with Gasteiger partial charge < -0.3 is 20.1 Å². The Balaban J connectivity index is 2.82. The molecule has 0 bridgehead atoms. The molecule has 0 saturated carbocycles. The van der Waals surface area contributed by atoms with Gasteiger partial charge in [-0.15, -0.1) is 0 Å². The second-order valence-electron chi connectivity index (χ2n) is 4.72. The number of nitrogens with two attached hydrogens (primary N) is 1. The van der Waals surface area contributed by atoms with Gasteiger partial charge in [0.2, 0.25) is 0 Å². The zero-order valence-electron chi connectivity index (χ0n) is 12.5. The van der Waals surface area contributed by atoms with Gasteiger partial charge in [0.05, 0.1) is 12.2 Å². The minimum Gasteiger partial charge on any atom is -0.398 e. The topological polar surface area (TPSA) is 64.8 Å². The van der Waals surface area contributed by atoms with Crippen molar-refractivity contribution in [2.24, 2.45) is 0 Å². The van der Waals surface area contributed by atoms with E-state index in [2.05, 4.69) is 0 Å². The monoisotopic (exact) mass is 280 g/mol. The molecule has 1 aromatic carbocycles. The molecule has 5 heteroatoms. The summed E-state index contributed by atoms with van der Waals surface area (Å²) in [5.41, 5.74) is 7.99. The van der Waals surface area contributed by atoms with E-state index >= 15 is 0 Å². The van der Waals surface area contributed by atoms with Crippen molar-refractivity contribution < 1.29 is 14.3 Å². The molecule has 0 aromatic heterocycles. The Hall–Kier alpha value is -1.59. The molecular weight excluding hydrogens is 256 g/mol. The Morgan fingerprint density at radius 1 is 1.20 bits per heavy atom. The normalized spacial score (nSPS) is 10.6. The second kappa shape index (κ2) is 8.55. The summed E-state index contributed by atoms with van der Waals surface area (Å²) in [5, 5.41) is 0. The highest BCUT2D eigenvalue weighted by atomic mass is 16.5. The number of hydrogen-bond acceptors (Lipinski definition) is 4. The maximum absolute atomic E-state index is 12.6. The molecule has 2 N–H and O–H groups in total. The highest BCUT2D eigenvalue weighted by Gasteiger charge is 2.17. The van der Waals surface area contributed by atoms with Crippen LogP contribution >= 0.6 is 0 Å². The van der Waals surface area contributed by atoms with Crippen LogP contribution in [0.15, 0.2) is 18.2 Å². The van der Waals surface area contributed by atoms with Crippen molar-refractivity contribution in [3.63, 3.8) is 0 Å². The molecule has 0 aliphatic heterocycles. The Morgan fingerprint density at radius 3 is 2.55 bits per heavy atom. The summed E-state index contributed by atoms with van der Waals surface area (Å²) < 4.78 is 10.1. The maximum Gasteiger partial charge on any atom is 0.256 e. The molecule has 20 heavy (non-hydrogen) atoms. The molecule has 0 aliphatic rings. The van der Waals surface area contributed by atoms with E-state index in [-0.39, 0.29) is 5.91 Å². The number of methoxy groups -OCH3 is 2. The number of ether oxygens (including phenoxy) is 2. The fraction of sp³-hybridized carbons (Fsp3) is 0.533. The van der Waals surface area contributed by atoms with E-state index in [0.29, 0.717) is 37.6 Å². The zero-order valence-corrected chi connectivity index (χ0v) is 12.5. The van der Waals surface area contributed by atoms with Crippen molar-refractivity contribution in [3.8, 4) is 0 Å². The van der Waals surface area contributed by atoms with Gasteiger partial charge in [0.1, 0.15) is 0 Å². The van der Waals surface area contributed by atoms with Gasteiger partial charge >= 0.3 is 0 Å². The quantitative estimate of drug-likeness (QED) is 0.581. The third-order valence-corrected chi connectivity index (χ3v) is 3.07. The van der Waals surface area contributed by atoms with Gasteiger partial charge in [-0.05, 0) is 25.5 Å². The first-order valence-corrected chi connectivity index (χ1v) is 6.73. The summed E-state index contributed by atoms with van der Waals surface area (Å²) in [6.07, 6.45) is 0.789. The lowest BCUT2D eigenvalue weighted by atomic mass is 10.1. The Labute approximate surface area is 120 Å². The van der Waals surface area contributed by atoms with Crippen molar-refractivity contribution in [1.29, 1.82) is 0 Å². The molecule has 0 aliphatic carbocycles. The molecule has 112 valence electrons. The van der Waals surface area contributed by atoms with Gasteiger partial charge in [0.15, 0.2) is 0 Å². The summed E-state index contributed by atoms with van der Waals surface area (Å²) in [7, 11) is 3.28. The first kappa shape index (κ1) is 16.5. The third kappa shape index (κ3) is 4.83. The standard InChI is InChI=1S/C15H24N2O3/c1-12-5-6-14(16)13(11-12)15(18)17(8-10-20-3)7-4-9-19-2/h5-6,11H,4,7-10,16H2,1-3H3.